The van der Waals surface area contributed by atoms with E-state index in [-0.39, 0.29) is 48.0 Å². The van der Waals surface area contributed by atoms with E-state index < -0.39 is 0 Å². The van der Waals surface area contributed by atoms with Crippen LogP contribution in [0.3, 0.4) is 0 Å². The molecule has 3 aliphatic rings. The normalized spacial score (nSPS) is 24.7. The number of rotatable bonds is 7. The van der Waals surface area contributed by atoms with Gasteiger partial charge in [0, 0.05) is 11.3 Å². The number of hydrazone groups is 1. The van der Waals surface area contributed by atoms with Gasteiger partial charge in [0.2, 0.25) is 0 Å². The van der Waals surface area contributed by atoms with Crippen molar-refractivity contribution in [3.05, 3.63) is 65.7 Å². The van der Waals surface area contributed by atoms with Gasteiger partial charge in [-0.05, 0) is 48.9 Å². The van der Waals surface area contributed by atoms with Crippen LogP contribution in [0, 0.1) is 30.6 Å². The molecule has 2 aromatic carbocycles. The van der Waals surface area contributed by atoms with E-state index in [4.69, 9.17) is 9.47 Å². The highest BCUT2D eigenvalue weighted by Gasteiger charge is 2.59. The topological polar surface area (TPSA) is 97.3 Å². The van der Waals surface area contributed by atoms with E-state index in [0.717, 1.165) is 17.0 Å². The van der Waals surface area contributed by atoms with Crippen molar-refractivity contribution < 1.29 is 23.9 Å². The number of ether oxygens (including phenoxy) is 2. The molecule has 34 heavy (non-hydrogen) atoms. The molecule has 174 valence electrons. The van der Waals surface area contributed by atoms with Crippen LogP contribution in [0.4, 0.5) is 5.69 Å². The lowest BCUT2D eigenvalue weighted by Gasteiger charge is -2.15. The molecular formula is C26H25N3O5. The first kappa shape index (κ1) is 21.9. The summed E-state index contributed by atoms with van der Waals surface area (Å²) in [6.07, 6.45) is 6.35. The molecule has 2 aromatic rings. The zero-order valence-corrected chi connectivity index (χ0v) is 18.9. The van der Waals surface area contributed by atoms with E-state index in [1.165, 1.54) is 13.3 Å². The van der Waals surface area contributed by atoms with Crippen LogP contribution in [0.2, 0.25) is 0 Å². The summed E-state index contributed by atoms with van der Waals surface area (Å²) in [5.41, 5.74) is 2.13. The lowest BCUT2D eigenvalue weighted by molar-refractivity contribution is -0.140. The summed E-state index contributed by atoms with van der Waals surface area (Å²) in [5.74, 6) is -0.527. The van der Waals surface area contributed by atoms with Gasteiger partial charge < -0.3 is 14.8 Å². The number of nitrogens with zero attached hydrogens (tertiary/aromatic N) is 2. The molecule has 2 aliphatic carbocycles. The maximum absolute atomic E-state index is 12.9. The molecule has 3 amide bonds. The quantitative estimate of drug-likeness (QED) is 0.390. The SMILES string of the molecule is COc1cccc(C=NN2C(=O)C3C4C=CC(C4)C3C2=O)c1OCC(=O)Nc1ccccc1C. The van der Waals surface area contributed by atoms with Crippen molar-refractivity contribution in [2.24, 2.45) is 28.8 Å². The lowest BCUT2D eigenvalue weighted by atomic mass is 9.85. The monoisotopic (exact) mass is 459 g/mol. The first-order chi connectivity index (χ1) is 16.5. The predicted molar refractivity (Wildman–Crippen MR) is 125 cm³/mol. The molecule has 1 saturated heterocycles. The van der Waals surface area contributed by atoms with Gasteiger partial charge in [-0.1, -0.05) is 36.4 Å². The Labute approximate surface area is 197 Å². The maximum Gasteiger partial charge on any atom is 0.262 e. The smallest absolute Gasteiger partial charge is 0.262 e. The number of hydrogen-bond donors (Lipinski definition) is 1. The number of benzene rings is 2. The number of imide groups is 1. The first-order valence-electron chi connectivity index (χ1n) is 11.2. The Morgan fingerprint density at radius 3 is 2.47 bits per heavy atom. The molecule has 1 saturated carbocycles. The van der Waals surface area contributed by atoms with E-state index in [9.17, 15) is 14.4 Å². The molecule has 5 rings (SSSR count). The van der Waals surface area contributed by atoms with Crippen LogP contribution in [0.15, 0.2) is 59.7 Å². The molecule has 4 atom stereocenters. The molecule has 0 radical (unpaired) electrons. The summed E-state index contributed by atoms with van der Waals surface area (Å²) >= 11 is 0. The maximum atomic E-state index is 12.9. The van der Waals surface area contributed by atoms with Gasteiger partial charge >= 0.3 is 0 Å². The lowest BCUT2D eigenvalue weighted by Crippen LogP contribution is -2.28. The van der Waals surface area contributed by atoms with E-state index in [1.54, 1.807) is 18.2 Å². The van der Waals surface area contributed by atoms with Gasteiger partial charge in [0.1, 0.15) is 0 Å². The van der Waals surface area contributed by atoms with Crippen LogP contribution in [0.1, 0.15) is 17.5 Å². The Balaban J connectivity index is 1.32. The summed E-state index contributed by atoms with van der Waals surface area (Å²) in [7, 11) is 1.49. The van der Waals surface area contributed by atoms with Gasteiger partial charge in [-0.3, -0.25) is 14.4 Å². The molecule has 2 bridgehead atoms. The third-order valence-electron chi connectivity index (χ3n) is 6.76. The minimum absolute atomic E-state index is 0.120. The van der Waals surface area contributed by atoms with Crippen LogP contribution in [0.25, 0.3) is 0 Å². The van der Waals surface area contributed by atoms with Gasteiger partial charge in [0.25, 0.3) is 17.7 Å². The number of carbonyl (C=O) groups is 3. The second-order valence-electron chi connectivity index (χ2n) is 8.76. The molecule has 8 heteroatoms. The van der Waals surface area contributed by atoms with Gasteiger partial charge in [-0.2, -0.15) is 10.1 Å². The van der Waals surface area contributed by atoms with Crippen LogP contribution in [-0.2, 0) is 14.4 Å². The summed E-state index contributed by atoms with van der Waals surface area (Å²) in [6, 6.07) is 12.6. The molecule has 1 aliphatic heterocycles. The largest absolute Gasteiger partial charge is 0.493 e. The fraction of sp³-hybridized carbons (Fsp3) is 0.308. The third-order valence-corrected chi connectivity index (χ3v) is 6.76. The van der Waals surface area contributed by atoms with Crippen molar-refractivity contribution in [1.29, 1.82) is 0 Å². The van der Waals surface area contributed by atoms with Crippen LogP contribution < -0.4 is 14.8 Å². The number of carbonyl (C=O) groups excluding carboxylic acids is 3. The number of fused-ring (bicyclic) bond motifs is 5. The van der Waals surface area contributed by atoms with Gasteiger partial charge in [0.15, 0.2) is 18.1 Å². The zero-order valence-electron chi connectivity index (χ0n) is 18.9. The second kappa shape index (κ2) is 8.78. The number of para-hydroxylation sites is 2. The number of methoxy groups -OCH3 is 1. The average Bonchev–Trinajstić information content (AvgIpc) is 3.52. The standard InChI is InChI=1S/C26H25N3O5/c1-15-6-3-4-8-19(15)28-21(30)14-34-24-18(7-5-9-20(24)33-2)13-27-29-25(31)22-16-10-11-17(12-16)23(22)26(29)32/h3-11,13,16-17,22-23H,12,14H2,1-2H3,(H,28,30). The summed E-state index contributed by atoms with van der Waals surface area (Å²) in [6.45, 7) is 1.65. The fourth-order valence-electron chi connectivity index (χ4n) is 5.11. The van der Waals surface area contributed by atoms with Crippen LogP contribution in [-0.4, -0.2) is 42.7 Å². The van der Waals surface area contributed by atoms with Crippen molar-refractivity contribution in [3.8, 4) is 11.5 Å². The number of hydrogen-bond acceptors (Lipinski definition) is 6. The highest BCUT2D eigenvalue weighted by atomic mass is 16.5. The van der Waals surface area contributed by atoms with E-state index in [2.05, 4.69) is 10.4 Å². The Hall–Kier alpha value is -3.94. The molecule has 2 fully saturated rings. The number of allylic oxidation sites excluding steroid dienone is 2. The Bertz CT molecular complexity index is 1190. The fourth-order valence-corrected chi connectivity index (χ4v) is 5.11. The Kier molecular flexibility index (Phi) is 5.65. The molecule has 1 heterocycles. The van der Waals surface area contributed by atoms with Crippen molar-refractivity contribution >= 4 is 29.6 Å². The molecule has 0 aromatic heterocycles. The Morgan fingerprint density at radius 2 is 1.79 bits per heavy atom. The average molecular weight is 460 g/mol. The van der Waals surface area contributed by atoms with Crippen molar-refractivity contribution in [2.45, 2.75) is 13.3 Å². The third kappa shape index (κ3) is 3.75. The molecule has 4 unspecified atom stereocenters. The minimum atomic E-state index is -0.330. The number of amides is 3. The zero-order chi connectivity index (χ0) is 23.8. The van der Waals surface area contributed by atoms with Crippen molar-refractivity contribution in [2.75, 3.05) is 19.0 Å². The van der Waals surface area contributed by atoms with Gasteiger partial charge in [-0.25, -0.2) is 0 Å². The summed E-state index contributed by atoms with van der Waals surface area (Å²) in [5, 5.41) is 8.02. The number of nitrogens with one attached hydrogen (secondary N) is 1. The highest BCUT2D eigenvalue weighted by Crippen LogP contribution is 2.52. The Morgan fingerprint density at radius 1 is 1.09 bits per heavy atom. The molecule has 1 N–H and O–H groups in total. The summed E-state index contributed by atoms with van der Waals surface area (Å²) in [4.78, 5) is 38.2. The molecule has 8 nitrogen and oxygen atoms in total. The first-order valence-corrected chi connectivity index (χ1v) is 11.2. The van der Waals surface area contributed by atoms with E-state index >= 15 is 0 Å². The van der Waals surface area contributed by atoms with Gasteiger partial charge in [0.05, 0.1) is 25.2 Å². The van der Waals surface area contributed by atoms with Crippen molar-refractivity contribution in [3.63, 3.8) is 0 Å². The second-order valence-corrected chi connectivity index (χ2v) is 8.76. The highest BCUT2D eigenvalue weighted by molar-refractivity contribution is 6.07. The summed E-state index contributed by atoms with van der Waals surface area (Å²) < 4.78 is 11.2. The van der Waals surface area contributed by atoms with E-state index in [1.807, 2.05) is 43.3 Å². The number of anilines is 1. The van der Waals surface area contributed by atoms with Gasteiger partial charge in [-0.15, -0.1) is 0 Å². The number of aryl methyl sites for hydroxylation is 1. The van der Waals surface area contributed by atoms with Crippen LogP contribution >= 0.6 is 0 Å². The minimum Gasteiger partial charge on any atom is -0.493 e. The molecular weight excluding hydrogens is 434 g/mol. The van der Waals surface area contributed by atoms with E-state index in [0.29, 0.717) is 22.7 Å². The van der Waals surface area contributed by atoms with Crippen LogP contribution in [0.5, 0.6) is 11.5 Å². The van der Waals surface area contributed by atoms with Crippen molar-refractivity contribution in [1.82, 2.24) is 5.01 Å². The molecule has 0 spiro atoms. The predicted octanol–water partition coefficient (Wildman–Crippen LogP) is 3.16.